The van der Waals surface area contributed by atoms with Crippen LogP contribution in [0.15, 0.2) is 23.6 Å². The Kier molecular flexibility index (Phi) is 3.02. The normalized spacial score (nSPS) is 12.9. The molecule has 0 N–H and O–H groups in total. The average Bonchev–Trinajstić information content (AvgIpc) is 2.69. The van der Waals surface area contributed by atoms with Crippen molar-refractivity contribution in [3.8, 4) is 5.75 Å². The van der Waals surface area contributed by atoms with Crippen LogP contribution in [0.1, 0.15) is 5.56 Å². The molecule has 3 nitrogen and oxygen atoms in total. The minimum Gasteiger partial charge on any atom is -0.376 e. The fraction of sp³-hybridized carbons (Fsp3) is 0.200. The summed E-state index contributed by atoms with van der Waals surface area (Å²) in [5, 5.41) is 2.44. The fourth-order valence-corrected chi connectivity index (χ4v) is 2.78. The molecule has 0 amide bonds. The van der Waals surface area contributed by atoms with E-state index in [1.165, 1.54) is 30.4 Å². The van der Waals surface area contributed by atoms with Gasteiger partial charge in [-0.05, 0) is 35.9 Å². The predicted octanol–water partition coefficient (Wildman–Crippen LogP) is 3.44. The lowest BCUT2D eigenvalue weighted by molar-refractivity contribution is -0.0500. The summed E-state index contributed by atoms with van der Waals surface area (Å²) in [4.78, 5) is 0. The van der Waals surface area contributed by atoms with Gasteiger partial charge in [0, 0.05) is 10.3 Å². The van der Waals surface area contributed by atoms with Gasteiger partial charge in [-0.2, -0.15) is 21.6 Å². The maximum Gasteiger partial charge on any atom is 0.534 e. The standard InChI is InChI=1S/C10H7F3O3S2/c1-6-7-4-5-17-9(7)3-2-8(6)16-18(14,15)10(11,12)13/h2-5H,1H3. The second-order valence-corrected chi connectivity index (χ2v) is 5.99. The number of alkyl halides is 3. The Hall–Kier alpha value is -1.28. The molecule has 2 aromatic rings. The quantitative estimate of drug-likeness (QED) is 0.630. The van der Waals surface area contributed by atoms with E-state index in [1.54, 1.807) is 11.4 Å². The van der Waals surface area contributed by atoms with Gasteiger partial charge in [0.1, 0.15) is 5.75 Å². The van der Waals surface area contributed by atoms with Gasteiger partial charge in [0.25, 0.3) is 0 Å². The van der Waals surface area contributed by atoms with E-state index in [0.717, 1.165) is 4.70 Å². The van der Waals surface area contributed by atoms with Gasteiger partial charge in [-0.1, -0.05) is 0 Å². The number of fused-ring (bicyclic) bond motifs is 1. The molecule has 98 valence electrons. The van der Waals surface area contributed by atoms with Crippen LogP contribution < -0.4 is 4.18 Å². The monoisotopic (exact) mass is 296 g/mol. The van der Waals surface area contributed by atoms with Gasteiger partial charge in [0.05, 0.1) is 0 Å². The molecule has 0 atom stereocenters. The van der Waals surface area contributed by atoms with Crippen molar-refractivity contribution >= 4 is 31.5 Å². The van der Waals surface area contributed by atoms with E-state index in [0.29, 0.717) is 10.9 Å². The van der Waals surface area contributed by atoms with Crippen LogP contribution in [0.2, 0.25) is 0 Å². The lowest BCUT2D eigenvalue weighted by Crippen LogP contribution is -2.28. The van der Waals surface area contributed by atoms with Gasteiger partial charge in [-0.15, -0.1) is 11.3 Å². The van der Waals surface area contributed by atoms with Crippen molar-refractivity contribution in [1.82, 2.24) is 0 Å². The smallest absolute Gasteiger partial charge is 0.376 e. The third-order valence-corrected chi connectivity index (χ3v) is 4.19. The lowest BCUT2D eigenvalue weighted by Gasteiger charge is -2.11. The van der Waals surface area contributed by atoms with Crippen molar-refractivity contribution < 1.29 is 25.8 Å². The van der Waals surface area contributed by atoms with Gasteiger partial charge in [0.2, 0.25) is 0 Å². The number of halogens is 3. The van der Waals surface area contributed by atoms with Crippen molar-refractivity contribution in [2.45, 2.75) is 12.4 Å². The minimum atomic E-state index is -5.62. The second-order valence-electron chi connectivity index (χ2n) is 3.50. The number of hydrogen-bond acceptors (Lipinski definition) is 4. The maximum atomic E-state index is 12.2. The number of benzene rings is 1. The summed E-state index contributed by atoms with van der Waals surface area (Å²) in [6.07, 6.45) is 0. The van der Waals surface area contributed by atoms with Crippen LogP contribution in [0.4, 0.5) is 13.2 Å². The topological polar surface area (TPSA) is 43.4 Å². The Balaban J connectivity index is 2.48. The van der Waals surface area contributed by atoms with Crippen LogP contribution in [-0.4, -0.2) is 13.9 Å². The SMILES string of the molecule is Cc1c(OS(=O)(=O)C(F)(F)F)ccc2sccc12. The Morgan fingerprint density at radius 2 is 1.89 bits per heavy atom. The molecular weight excluding hydrogens is 289 g/mol. The molecule has 0 unspecified atom stereocenters. The highest BCUT2D eigenvalue weighted by Gasteiger charge is 2.48. The molecule has 0 spiro atoms. The zero-order valence-electron chi connectivity index (χ0n) is 8.98. The highest BCUT2D eigenvalue weighted by molar-refractivity contribution is 7.88. The van der Waals surface area contributed by atoms with E-state index in [9.17, 15) is 21.6 Å². The van der Waals surface area contributed by atoms with Gasteiger partial charge in [0.15, 0.2) is 0 Å². The average molecular weight is 296 g/mol. The molecular formula is C10H7F3O3S2. The number of rotatable bonds is 2. The summed E-state index contributed by atoms with van der Waals surface area (Å²) in [6, 6.07) is 4.44. The highest BCUT2D eigenvalue weighted by Crippen LogP contribution is 2.34. The van der Waals surface area contributed by atoms with Crippen LogP contribution in [0.25, 0.3) is 10.1 Å². The largest absolute Gasteiger partial charge is 0.534 e. The summed E-state index contributed by atoms with van der Waals surface area (Å²) in [5.41, 5.74) is -5.06. The van der Waals surface area contributed by atoms with E-state index in [1.807, 2.05) is 0 Å². The van der Waals surface area contributed by atoms with Crippen molar-refractivity contribution in [3.05, 3.63) is 29.1 Å². The third kappa shape index (κ3) is 2.17. The zero-order valence-corrected chi connectivity index (χ0v) is 10.6. The molecule has 1 aromatic heterocycles. The first-order valence-electron chi connectivity index (χ1n) is 4.70. The Morgan fingerprint density at radius 3 is 2.50 bits per heavy atom. The number of thiophene rings is 1. The van der Waals surface area contributed by atoms with E-state index < -0.39 is 15.6 Å². The molecule has 0 fully saturated rings. The first-order valence-corrected chi connectivity index (χ1v) is 6.99. The van der Waals surface area contributed by atoms with Gasteiger partial charge >= 0.3 is 15.6 Å². The van der Waals surface area contributed by atoms with E-state index in [-0.39, 0.29) is 5.75 Å². The van der Waals surface area contributed by atoms with Gasteiger partial charge in [-0.25, -0.2) is 0 Å². The van der Waals surface area contributed by atoms with Gasteiger partial charge < -0.3 is 4.18 Å². The Labute approximate surface area is 105 Å². The van der Waals surface area contributed by atoms with Crippen LogP contribution in [0.5, 0.6) is 5.75 Å². The summed E-state index contributed by atoms with van der Waals surface area (Å²) in [7, 11) is -5.62. The highest BCUT2D eigenvalue weighted by atomic mass is 32.2. The van der Waals surface area contributed by atoms with Crippen molar-refractivity contribution in [3.63, 3.8) is 0 Å². The van der Waals surface area contributed by atoms with E-state index in [4.69, 9.17) is 0 Å². The molecule has 0 aliphatic carbocycles. The summed E-state index contributed by atoms with van der Waals surface area (Å²) < 4.78 is 63.4. The van der Waals surface area contributed by atoms with Crippen LogP contribution in [-0.2, 0) is 10.1 Å². The molecule has 0 saturated heterocycles. The summed E-state index contributed by atoms with van der Waals surface area (Å²) in [6.45, 7) is 1.51. The Bertz CT molecular complexity index is 686. The molecule has 0 saturated carbocycles. The maximum absolute atomic E-state index is 12.2. The first kappa shape index (κ1) is 13.2. The molecule has 18 heavy (non-hydrogen) atoms. The van der Waals surface area contributed by atoms with Crippen molar-refractivity contribution in [2.75, 3.05) is 0 Å². The van der Waals surface area contributed by atoms with Crippen molar-refractivity contribution in [1.29, 1.82) is 0 Å². The zero-order chi connectivity index (χ0) is 13.6. The summed E-state index contributed by atoms with van der Waals surface area (Å²) >= 11 is 1.41. The predicted molar refractivity (Wildman–Crippen MR) is 62.2 cm³/mol. The van der Waals surface area contributed by atoms with E-state index in [2.05, 4.69) is 4.18 Å². The summed E-state index contributed by atoms with van der Waals surface area (Å²) in [5.74, 6) is -0.307. The lowest BCUT2D eigenvalue weighted by atomic mass is 10.1. The first-order chi connectivity index (χ1) is 8.22. The molecule has 1 heterocycles. The molecule has 0 bridgehead atoms. The van der Waals surface area contributed by atoms with Crippen molar-refractivity contribution in [2.24, 2.45) is 0 Å². The number of hydrogen-bond donors (Lipinski definition) is 0. The third-order valence-electron chi connectivity index (χ3n) is 2.34. The molecule has 8 heteroatoms. The molecule has 0 aliphatic heterocycles. The molecule has 1 aromatic carbocycles. The number of aryl methyl sites for hydroxylation is 1. The second kappa shape index (κ2) is 4.13. The van der Waals surface area contributed by atoms with E-state index >= 15 is 0 Å². The molecule has 0 aliphatic rings. The minimum absolute atomic E-state index is 0.307. The fourth-order valence-electron chi connectivity index (χ4n) is 1.42. The van der Waals surface area contributed by atoms with Crippen LogP contribution >= 0.6 is 11.3 Å². The molecule has 2 rings (SSSR count). The molecule has 0 radical (unpaired) electrons. The van der Waals surface area contributed by atoms with Crippen LogP contribution in [0.3, 0.4) is 0 Å². The van der Waals surface area contributed by atoms with Gasteiger partial charge in [-0.3, -0.25) is 0 Å². The Morgan fingerprint density at radius 1 is 1.22 bits per heavy atom. The van der Waals surface area contributed by atoms with Crippen LogP contribution in [0, 0.1) is 6.92 Å².